The summed E-state index contributed by atoms with van der Waals surface area (Å²) in [6.45, 7) is 2.76. The Morgan fingerprint density at radius 1 is 1.35 bits per heavy atom. The number of nitrogens with zero attached hydrogens (tertiary/aromatic N) is 2. The molecule has 2 aromatic rings. The molecule has 0 radical (unpaired) electrons. The summed E-state index contributed by atoms with van der Waals surface area (Å²) in [4.78, 5) is 8.65. The maximum Gasteiger partial charge on any atom is 0.145 e. The van der Waals surface area contributed by atoms with Crippen LogP contribution in [0.1, 0.15) is 17.6 Å². The molecule has 3 nitrogen and oxygen atoms in total. The number of anilines is 1. The Morgan fingerprint density at radius 2 is 2.18 bits per heavy atom. The quantitative estimate of drug-likeness (QED) is 0.928. The largest absolute Gasteiger partial charge is 0.369 e. The smallest absolute Gasteiger partial charge is 0.145 e. The van der Waals surface area contributed by atoms with Crippen molar-refractivity contribution in [2.45, 2.75) is 13.3 Å². The number of rotatable bonds is 4. The Hall–Kier alpha value is -0.840. The minimum absolute atomic E-state index is 0.541. The lowest BCUT2D eigenvalue weighted by Crippen LogP contribution is -2.03. The van der Waals surface area contributed by atoms with Gasteiger partial charge in [0.1, 0.15) is 5.82 Å². The lowest BCUT2D eigenvalue weighted by atomic mass is 10.2. The maximum absolute atomic E-state index is 6.12. The van der Waals surface area contributed by atoms with Crippen molar-refractivity contribution in [1.82, 2.24) is 9.97 Å². The first-order valence-electron chi connectivity index (χ1n) is 5.18. The molecule has 2 aromatic heterocycles. The molecule has 0 bridgehead atoms. The van der Waals surface area contributed by atoms with Gasteiger partial charge < -0.3 is 5.32 Å². The number of halogens is 2. The van der Waals surface area contributed by atoms with Gasteiger partial charge in [-0.15, -0.1) is 11.3 Å². The van der Waals surface area contributed by atoms with Gasteiger partial charge in [-0.05, 0) is 13.0 Å². The average molecular weight is 288 g/mol. The van der Waals surface area contributed by atoms with Crippen molar-refractivity contribution in [2.24, 2.45) is 0 Å². The fraction of sp³-hybridized carbons (Fsp3) is 0.273. The summed E-state index contributed by atoms with van der Waals surface area (Å²) in [7, 11) is 0. The molecule has 90 valence electrons. The van der Waals surface area contributed by atoms with Crippen LogP contribution in [-0.2, 0) is 6.42 Å². The molecule has 0 saturated carbocycles. The number of hydrogen-bond acceptors (Lipinski definition) is 4. The van der Waals surface area contributed by atoms with Crippen LogP contribution in [0, 0.1) is 0 Å². The number of hydrogen-bond donors (Lipinski definition) is 1. The van der Waals surface area contributed by atoms with Crippen molar-refractivity contribution in [1.29, 1.82) is 0 Å². The van der Waals surface area contributed by atoms with Crippen LogP contribution in [0.15, 0.2) is 17.6 Å². The fourth-order valence-corrected chi connectivity index (χ4v) is 2.52. The molecule has 0 saturated heterocycles. The van der Waals surface area contributed by atoms with Crippen molar-refractivity contribution in [3.8, 4) is 0 Å². The molecule has 0 atom stereocenters. The predicted molar refractivity (Wildman–Crippen MR) is 73.3 cm³/mol. The Morgan fingerprint density at radius 3 is 2.82 bits per heavy atom. The second kappa shape index (κ2) is 5.67. The second-order valence-electron chi connectivity index (χ2n) is 3.38. The van der Waals surface area contributed by atoms with E-state index in [0.29, 0.717) is 22.3 Å². The maximum atomic E-state index is 6.12. The third-order valence-corrected chi connectivity index (χ3v) is 3.54. The summed E-state index contributed by atoms with van der Waals surface area (Å²) < 4.78 is 0. The SMILES string of the molecule is CCNc1nc(Cc2nccs2)c(Cl)cc1Cl. The van der Waals surface area contributed by atoms with E-state index >= 15 is 0 Å². The Bertz CT molecular complexity index is 500. The van der Waals surface area contributed by atoms with E-state index in [1.54, 1.807) is 23.6 Å². The van der Waals surface area contributed by atoms with Crippen LogP contribution in [0.5, 0.6) is 0 Å². The first kappa shape index (κ1) is 12.6. The summed E-state index contributed by atoms with van der Waals surface area (Å²) in [5, 5.41) is 7.15. The van der Waals surface area contributed by atoms with E-state index in [1.807, 2.05) is 12.3 Å². The van der Waals surface area contributed by atoms with E-state index in [1.165, 1.54) is 0 Å². The molecule has 2 rings (SSSR count). The highest BCUT2D eigenvalue weighted by Crippen LogP contribution is 2.27. The first-order valence-corrected chi connectivity index (χ1v) is 6.81. The van der Waals surface area contributed by atoms with Gasteiger partial charge >= 0.3 is 0 Å². The van der Waals surface area contributed by atoms with Crippen LogP contribution in [0.25, 0.3) is 0 Å². The lowest BCUT2D eigenvalue weighted by molar-refractivity contribution is 1.04. The Kier molecular flexibility index (Phi) is 4.20. The molecule has 0 fully saturated rings. The van der Waals surface area contributed by atoms with Crippen LogP contribution in [0.4, 0.5) is 5.82 Å². The number of aromatic nitrogens is 2. The fourth-order valence-electron chi connectivity index (χ4n) is 1.40. The molecule has 0 unspecified atom stereocenters. The normalized spacial score (nSPS) is 10.5. The summed E-state index contributed by atoms with van der Waals surface area (Å²) in [6.07, 6.45) is 2.40. The molecule has 6 heteroatoms. The molecular formula is C11H11Cl2N3S. The zero-order chi connectivity index (χ0) is 12.3. The molecule has 0 spiro atoms. The van der Waals surface area contributed by atoms with Gasteiger partial charge in [0.2, 0.25) is 0 Å². The second-order valence-corrected chi connectivity index (χ2v) is 5.17. The minimum atomic E-state index is 0.541. The molecule has 2 heterocycles. The third-order valence-electron chi connectivity index (χ3n) is 2.15. The van der Waals surface area contributed by atoms with E-state index in [4.69, 9.17) is 23.2 Å². The zero-order valence-corrected chi connectivity index (χ0v) is 11.5. The lowest BCUT2D eigenvalue weighted by Gasteiger charge is -2.08. The predicted octanol–water partition coefficient (Wildman–Crippen LogP) is 3.87. The monoisotopic (exact) mass is 287 g/mol. The van der Waals surface area contributed by atoms with E-state index in [0.717, 1.165) is 17.2 Å². The highest BCUT2D eigenvalue weighted by atomic mass is 35.5. The molecule has 0 aliphatic carbocycles. The third kappa shape index (κ3) is 3.09. The number of thiazole rings is 1. The van der Waals surface area contributed by atoms with Crippen molar-refractivity contribution in [2.75, 3.05) is 11.9 Å². The standard InChI is InChI=1S/C11H11Cl2N3S/c1-2-14-11-8(13)5-7(12)9(16-11)6-10-15-3-4-17-10/h3-5H,2,6H2,1H3,(H,14,16). The summed E-state index contributed by atoms with van der Waals surface area (Å²) in [6, 6.07) is 1.72. The van der Waals surface area contributed by atoms with Gasteiger partial charge in [-0.25, -0.2) is 9.97 Å². The minimum Gasteiger partial charge on any atom is -0.369 e. The number of pyridine rings is 1. The first-order chi connectivity index (χ1) is 8.20. The van der Waals surface area contributed by atoms with Crippen LogP contribution in [0.3, 0.4) is 0 Å². The highest BCUT2D eigenvalue weighted by molar-refractivity contribution is 7.09. The average Bonchev–Trinajstić information content (AvgIpc) is 2.78. The molecule has 0 aliphatic rings. The highest BCUT2D eigenvalue weighted by Gasteiger charge is 2.10. The van der Waals surface area contributed by atoms with Crippen molar-refractivity contribution in [3.05, 3.63) is 38.4 Å². The summed E-state index contributed by atoms with van der Waals surface area (Å²) in [5.74, 6) is 0.671. The van der Waals surface area contributed by atoms with Crippen LogP contribution < -0.4 is 5.32 Å². The van der Waals surface area contributed by atoms with E-state index in [-0.39, 0.29) is 0 Å². The Labute approximate surface area is 114 Å². The van der Waals surface area contributed by atoms with E-state index in [9.17, 15) is 0 Å². The molecule has 0 amide bonds. The van der Waals surface area contributed by atoms with Gasteiger partial charge in [0, 0.05) is 24.5 Å². The van der Waals surface area contributed by atoms with Crippen LogP contribution in [-0.4, -0.2) is 16.5 Å². The van der Waals surface area contributed by atoms with Gasteiger partial charge in [-0.2, -0.15) is 0 Å². The Balaban J connectivity index is 2.29. The summed E-state index contributed by atoms with van der Waals surface area (Å²) in [5.41, 5.74) is 0.793. The summed E-state index contributed by atoms with van der Waals surface area (Å²) >= 11 is 13.7. The molecular weight excluding hydrogens is 277 g/mol. The zero-order valence-electron chi connectivity index (χ0n) is 9.20. The van der Waals surface area contributed by atoms with Crippen molar-refractivity contribution >= 4 is 40.4 Å². The van der Waals surface area contributed by atoms with Gasteiger partial charge in [-0.3, -0.25) is 0 Å². The van der Waals surface area contributed by atoms with Crippen molar-refractivity contribution in [3.63, 3.8) is 0 Å². The van der Waals surface area contributed by atoms with Crippen molar-refractivity contribution < 1.29 is 0 Å². The molecule has 1 N–H and O–H groups in total. The molecule has 0 aliphatic heterocycles. The van der Waals surface area contributed by atoms with E-state index < -0.39 is 0 Å². The van der Waals surface area contributed by atoms with Crippen LogP contribution >= 0.6 is 34.5 Å². The topological polar surface area (TPSA) is 37.8 Å². The van der Waals surface area contributed by atoms with Crippen LogP contribution in [0.2, 0.25) is 10.0 Å². The molecule has 17 heavy (non-hydrogen) atoms. The molecule has 0 aromatic carbocycles. The van der Waals surface area contributed by atoms with Gasteiger partial charge in [-0.1, -0.05) is 23.2 Å². The van der Waals surface area contributed by atoms with E-state index in [2.05, 4.69) is 15.3 Å². The number of nitrogens with one attached hydrogen (secondary N) is 1. The van der Waals surface area contributed by atoms with Gasteiger partial charge in [0.05, 0.1) is 20.7 Å². The van der Waals surface area contributed by atoms with Gasteiger partial charge in [0.15, 0.2) is 0 Å². The van der Waals surface area contributed by atoms with Gasteiger partial charge in [0.25, 0.3) is 0 Å².